The van der Waals surface area contributed by atoms with Gasteiger partial charge in [0.25, 0.3) is 5.91 Å². The van der Waals surface area contributed by atoms with Crippen LogP contribution in [0.15, 0.2) is 24.3 Å². The third-order valence-corrected chi connectivity index (χ3v) is 2.81. The number of carbonyl (C=O) groups is 1. The van der Waals surface area contributed by atoms with Crippen molar-refractivity contribution in [2.45, 2.75) is 6.42 Å². The Balaban J connectivity index is 2.56. The number of carbonyl (C=O) groups excluding carboxylic acids is 1. The first-order valence-corrected chi connectivity index (χ1v) is 6.24. The van der Waals surface area contributed by atoms with Gasteiger partial charge in [-0.25, -0.2) is 0 Å². The number of amides is 1. The molecule has 1 aromatic carbocycles. The molecule has 0 bridgehead atoms. The first kappa shape index (κ1) is 11.8. The van der Waals surface area contributed by atoms with Crippen molar-refractivity contribution in [1.82, 2.24) is 5.32 Å². The van der Waals surface area contributed by atoms with E-state index >= 15 is 0 Å². The Hall–Kier alpha value is -0.290. The molecule has 14 heavy (non-hydrogen) atoms. The summed E-state index contributed by atoms with van der Waals surface area (Å²) in [5.74, 6) is -0.0968. The highest BCUT2D eigenvalue weighted by molar-refractivity contribution is 14.1. The van der Waals surface area contributed by atoms with Crippen LogP contribution < -0.4 is 5.32 Å². The number of alkyl halides is 1. The van der Waals surface area contributed by atoms with Crippen molar-refractivity contribution in [2.75, 3.05) is 11.0 Å². The van der Waals surface area contributed by atoms with E-state index in [0.29, 0.717) is 17.1 Å². The van der Waals surface area contributed by atoms with E-state index in [1.807, 2.05) is 6.07 Å². The van der Waals surface area contributed by atoms with Crippen molar-refractivity contribution in [1.29, 1.82) is 0 Å². The van der Waals surface area contributed by atoms with Crippen LogP contribution in [-0.4, -0.2) is 16.9 Å². The van der Waals surface area contributed by atoms with Gasteiger partial charge in [0, 0.05) is 11.0 Å². The SMILES string of the molecule is O=C(NCCCI)c1ccccc1Cl. The highest BCUT2D eigenvalue weighted by atomic mass is 127. The lowest BCUT2D eigenvalue weighted by Gasteiger charge is -2.04. The molecule has 0 atom stereocenters. The Morgan fingerprint density at radius 1 is 1.43 bits per heavy atom. The average molecular weight is 324 g/mol. The van der Waals surface area contributed by atoms with Crippen LogP contribution in [0.2, 0.25) is 5.02 Å². The molecule has 0 radical (unpaired) electrons. The zero-order chi connectivity index (χ0) is 10.4. The third-order valence-electron chi connectivity index (χ3n) is 1.71. The maximum atomic E-state index is 11.5. The number of nitrogens with one attached hydrogen (secondary N) is 1. The van der Waals surface area contributed by atoms with Gasteiger partial charge in [-0.15, -0.1) is 0 Å². The Morgan fingerprint density at radius 3 is 2.79 bits per heavy atom. The molecule has 1 amide bonds. The van der Waals surface area contributed by atoms with Crippen LogP contribution >= 0.6 is 34.2 Å². The maximum absolute atomic E-state index is 11.5. The van der Waals surface area contributed by atoms with Gasteiger partial charge >= 0.3 is 0 Å². The second-order valence-electron chi connectivity index (χ2n) is 2.78. The molecule has 0 saturated carbocycles. The highest BCUT2D eigenvalue weighted by Crippen LogP contribution is 2.14. The zero-order valence-electron chi connectivity index (χ0n) is 7.59. The highest BCUT2D eigenvalue weighted by Gasteiger charge is 2.07. The standard InChI is InChI=1S/C10H11ClINO/c11-9-5-2-1-4-8(9)10(14)13-7-3-6-12/h1-2,4-5H,3,6-7H2,(H,13,14). The van der Waals surface area contributed by atoms with Crippen LogP contribution in [0.3, 0.4) is 0 Å². The topological polar surface area (TPSA) is 29.1 Å². The van der Waals surface area contributed by atoms with Gasteiger partial charge < -0.3 is 5.32 Å². The Morgan fingerprint density at radius 2 is 2.14 bits per heavy atom. The molecular weight excluding hydrogens is 312 g/mol. The number of hydrogen-bond donors (Lipinski definition) is 1. The van der Waals surface area contributed by atoms with Crippen LogP contribution in [0, 0.1) is 0 Å². The lowest BCUT2D eigenvalue weighted by atomic mass is 10.2. The molecule has 2 nitrogen and oxygen atoms in total. The number of benzene rings is 1. The van der Waals surface area contributed by atoms with Gasteiger partial charge in [-0.05, 0) is 18.6 Å². The summed E-state index contributed by atoms with van der Waals surface area (Å²) in [6.45, 7) is 0.701. The number of halogens is 2. The van der Waals surface area contributed by atoms with E-state index in [2.05, 4.69) is 27.9 Å². The largest absolute Gasteiger partial charge is 0.352 e. The van der Waals surface area contributed by atoms with Gasteiger partial charge in [-0.2, -0.15) is 0 Å². The molecule has 0 aliphatic rings. The average Bonchev–Trinajstić information content (AvgIpc) is 2.18. The fourth-order valence-corrected chi connectivity index (χ4v) is 1.61. The van der Waals surface area contributed by atoms with Crippen molar-refractivity contribution in [3.8, 4) is 0 Å². The summed E-state index contributed by atoms with van der Waals surface area (Å²) in [6.07, 6.45) is 0.983. The fourth-order valence-electron chi connectivity index (χ4n) is 1.01. The summed E-state index contributed by atoms with van der Waals surface area (Å²) in [6, 6.07) is 7.06. The summed E-state index contributed by atoms with van der Waals surface area (Å²) in [5, 5.41) is 3.31. The van der Waals surface area contributed by atoms with Crippen molar-refractivity contribution >= 4 is 40.1 Å². The molecule has 0 aliphatic carbocycles. The van der Waals surface area contributed by atoms with Gasteiger partial charge in [0.1, 0.15) is 0 Å². The predicted octanol–water partition coefficient (Wildman–Crippen LogP) is 2.89. The fraction of sp³-hybridized carbons (Fsp3) is 0.300. The summed E-state index contributed by atoms with van der Waals surface area (Å²) in [4.78, 5) is 11.5. The van der Waals surface area contributed by atoms with Gasteiger partial charge in [0.15, 0.2) is 0 Å². The van der Waals surface area contributed by atoms with Crippen molar-refractivity contribution in [2.24, 2.45) is 0 Å². The molecule has 0 fully saturated rings. The first-order chi connectivity index (χ1) is 6.75. The Kier molecular flexibility index (Phi) is 5.25. The second-order valence-corrected chi connectivity index (χ2v) is 4.26. The summed E-state index contributed by atoms with van der Waals surface area (Å²) < 4.78 is 1.04. The smallest absolute Gasteiger partial charge is 0.252 e. The molecular formula is C10H11ClINO. The Bertz CT molecular complexity index is 317. The minimum atomic E-state index is -0.0968. The van der Waals surface area contributed by atoms with Crippen LogP contribution in [-0.2, 0) is 0 Å². The Labute approximate surface area is 102 Å². The van der Waals surface area contributed by atoms with Crippen LogP contribution in [0.5, 0.6) is 0 Å². The van der Waals surface area contributed by atoms with E-state index in [9.17, 15) is 4.79 Å². The normalized spacial score (nSPS) is 9.86. The minimum absolute atomic E-state index is 0.0968. The van der Waals surface area contributed by atoms with Gasteiger partial charge in [0.2, 0.25) is 0 Å². The van der Waals surface area contributed by atoms with Crippen LogP contribution in [0.1, 0.15) is 16.8 Å². The van der Waals surface area contributed by atoms with Gasteiger partial charge in [-0.1, -0.05) is 46.3 Å². The van der Waals surface area contributed by atoms with E-state index in [0.717, 1.165) is 10.8 Å². The molecule has 0 saturated heterocycles. The van der Waals surface area contributed by atoms with Crippen molar-refractivity contribution < 1.29 is 4.79 Å². The lowest BCUT2D eigenvalue weighted by molar-refractivity contribution is 0.0954. The molecule has 0 spiro atoms. The second kappa shape index (κ2) is 6.24. The molecule has 0 aromatic heterocycles. The quantitative estimate of drug-likeness (QED) is 0.515. The summed E-state index contributed by atoms with van der Waals surface area (Å²) >= 11 is 8.15. The zero-order valence-corrected chi connectivity index (χ0v) is 10.5. The molecule has 0 heterocycles. The van der Waals surface area contributed by atoms with Crippen LogP contribution in [0.4, 0.5) is 0 Å². The molecule has 76 valence electrons. The van der Waals surface area contributed by atoms with Crippen LogP contribution in [0.25, 0.3) is 0 Å². The molecule has 1 N–H and O–H groups in total. The number of rotatable bonds is 4. The molecule has 4 heteroatoms. The van der Waals surface area contributed by atoms with E-state index in [1.165, 1.54) is 0 Å². The molecule has 0 aliphatic heterocycles. The van der Waals surface area contributed by atoms with Crippen molar-refractivity contribution in [3.63, 3.8) is 0 Å². The third kappa shape index (κ3) is 3.46. The summed E-state index contributed by atoms with van der Waals surface area (Å²) in [5.41, 5.74) is 0.544. The van der Waals surface area contributed by atoms with E-state index in [1.54, 1.807) is 18.2 Å². The monoisotopic (exact) mass is 323 g/mol. The first-order valence-electron chi connectivity index (χ1n) is 4.34. The van der Waals surface area contributed by atoms with E-state index in [-0.39, 0.29) is 5.91 Å². The predicted molar refractivity (Wildman–Crippen MR) is 67.3 cm³/mol. The maximum Gasteiger partial charge on any atom is 0.252 e. The summed E-state index contributed by atoms with van der Waals surface area (Å²) in [7, 11) is 0. The molecule has 1 aromatic rings. The van der Waals surface area contributed by atoms with E-state index in [4.69, 9.17) is 11.6 Å². The van der Waals surface area contributed by atoms with Gasteiger partial charge in [0.05, 0.1) is 10.6 Å². The minimum Gasteiger partial charge on any atom is -0.352 e. The lowest BCUT2D eigenvalue weighted by Crippen LogP contribution is -2.24. The number of hydrogen-bond acceptors (Lipinski definition) is 1. The molecule has 1 rings (SSSR count). The van der Waals surface area contributed by atoms with E-state index < -0.39 is 0 Å². The van der Waals surface area contributed by atoms with Gasteiger partial charge in [-0.3, -0.25) is 4.79 Å². The van der Waals surface area contributed by atoms with Crippen molar-refractivity contribution in [3.05, 3.63) is 34.9 Å². The molecule has 0 unspecified atom stereocenters.